The number of benzene rings is 2. The van der Waals surface area contributed by atoms with Crippen molar-refractivity contribution in [3.8, 4) is 11.5 Å². The van der Waals surface area contributed by atoms with Crippen molar-refractivity contribution in [2.24, 2.45) is 0 Å². The summed E-state index contributed by atoms with van der Waals surface area (Å²) in [4.78, 5) is 21.7. The van der Waals surface area contributed by atoms with Crippen LogP contribution in [0.3, 0.4) is 0 Å². The first-order valence-electron chi connectivity index (χ1n) is 13.8. The minimum absolute atomic E-state index is 0.240. The lowest BCUT2D eigenvalue weighted by atomic mass is 10.0. The third-order valence-electron chi connectivity index (χ3n) is 7.89. The lowest BCUT2D eigenvalue weighted by molar-refractivity contribution is 0.174. The van der Waals surface area contributed by atoms with E-state index >= 15 is 0 Å². The van der Waals surface area contributed by atoms with Crippen LogP contribution in [-0.4, -0.2) is 72.0 Å². The van der Waals surface area contributed by atoms with Gasteiger partial charge in [0.05, 0.1) is 5.52 Å². The highest BCUT2D eigenvalue weighted by atomic mass is 16.7. The minimum atomic E-state index is 0.240. The number of piperidine rings is 1. The van der Waals surface area contributed by atoms with E-state index in [-0.39, 0.29) is 6.79 Å². The zero-order chi connectivity index (χ0) is 26.0. The largest absolute Gasteiger partial charge is 0.454 e. The molecule has 3 aliphatic heterocycles. The predicted octanol–water partition coefficient (Wildman–Crippen LogP) is 4.16. The summed E-state index contributed by atoms with van der Waals surface area (Å²) in [5, 5.41) is 4.77. The molecule has 9 nitrogen and oxygen atoms in total. The fourth-order valence-corrected chi connectivity index (χ4v) is 5.70. The molecule has 4 aromatic rings. The van der Waals surface area contributed by atoms with Gasteiger partial charge in [0.2, 0.25) is 12.7 Å². The first-order chi connectivity index (χ1) is 19.3. The summed E-state index contributed by atoms with van der Waals surface area (Å²) in [7, 11) is 0. The first kappa shape index (κ1) is 24.0. The van der Waals surface area contributed by atoms with Gasteiger partial charge in [0.25, 0.3) is 0 Å². The number of fused-ring (bicyclic) bond motifs is 2. The van der Waals surface area contributed by atoms with E-state index < -0.39 is 0 Å². The van der Waals surface area contributed by atoms with E-state index in [1.165, 1.54) is 5.56 Å². The number of piperazine rings is 1. The molecule has 0 aliphatic carbocycles. The maximum Gasteiger partial charge on any atom is 0.231 e. The maximum absolute atomic E-state index is 5.69. The van der Waals surface area contributed by atoms with E-state index in [0.29, 0.717) is 6.04 Å². The summed E-state index contributed by atoms with van der Waals surface area (Å²) >= 11 is 0. The van der Waals surface area contributed by atoms with Crippen LogP contribution in [0.5, 0.6) is 11.5 Å². The Bertz CT molecular complexity index is 1420. The number of hydrogen-bond donors (Lipinski definition) is 1. The quantitative estimate of drug-likeness (QED) is 0.401. The number of aromatic nitrogens is 3. The van der Waals surface area contributed by atoms with Crippen LogP contribution in [0.1, 0.15) is 18.4 Å². The Labute approximate surface area is 228 Å². The Kier molecular flexibility index (Phi) is 6.50. The SMILES string of the molecule is c1ccc(CN2CCC(Nc3nc(N4CCN(c5ccccn5)CC4)nc4cc5c(cc34)OCO5)CC2)cc1. The fraction of sp³-hybridized carbons (Fsp3) is 0.367. The van der Waals surface area contributed by atoms with Gasteiger partial charge >= 0.3 is 0 Å². The molecule has 5 heterocycles. The Morgan fingerprint density at radius 2 is 1.54 bits per heavy atom. The van der Waals surface area contributed by atoms with Gasteiger partial charge in [0.1, 0.15) is 11.6 Å². The second-order valence-electron chi connectivity index (χ2n) is 10.4. The Morgan fingerprint density at radius 3 is 2.31 bits per heavy atom. The van der Waals surface area contributed by atoms with E-state index in [2.05, 4.69) is 61.4 Å². The average molecular weight is 524 g/mol. The van der Waals surface area contributed by atoms with E-state index in [9.17, 15) is 0 Å². The smallest absolute Gasteiger partial charge is 0.231 e. The molecular weight excluding hydrogens is 490 g/mol. The number of ether oxygens (including phenoxy) is 2. The van der Waals surface area contributed by atoms with E-state index in [1.807, 2.05) is 30.5 Å². The molecule has 0 bridgehead atoms. The molecule has 3 aliphatic rings. The van der Waals surface area contributed by atoms with E-state index in [4.69, 9.17) is 19.4 Å². The van der Waals surface area contributed by atoms with Gasteiger partial charge in [-0.25, -0.2) is 9.97 Å². The zero-order valence-corrected chi connectivity index (χ0v) is 22.0. The van der Waals surface area contributed by atoms with Crippen molar-refractivity contribution in [3.63, 3.8) is 0 Å². The molecule has 2 fully saturated rings. The van der Waals surface area contributed by atoms with Gasteiger partial charge in [0, 0.05) is 69.5 Å². The van der Waals surface area contributed by atoms with Crippen molar-refractivity contribution in [3.05, 3.63) is 72.4 Å². The first-order valence-corrected chi connectivity index (χ1v) is 13.8. The molecule has 39 heavy (non-hydrogen) atoms. The molecule has 200 valence electrons. The molecule has 0 amide bonds. The predicted molar refractivity (Wildman–Crippen MR) is 153 cm³/mol. The summed E-state index contributed by atoms with van der Waals surface area (Å²) in [6.45, 7) is 6.79. The van der Waals surface area contributed by atoms with Crippen molar-refractivity contribution in [1.29, 1.82) is 0 Å². The summed E-state index contributed by atoms with van der Waals surface area (Å²) in [5.74, 6) is 4.15. The van der Waals surface area contributed by atoms with Crippen molar-refractivity contribution in [2.45, 2.75) is 25.4 Å². The molecule has 2 aromatic carbocycles. The number of anilines is 3. The molecule has 7 rings (SSSR count). The summed E-state index contributed by atoms with van der Waals surface area (Å²) in [6, 6.07) is 21.1. The van der Waals surface area contributed by atoms with Gasteiger partial charge in [-0.3, -0.25) is 4.90 Å². The maximum atomic E-state index is 5.69. The number of nitrogens with one attached hydrogen (secondary N) is 1. The van der Waals surface area contributed by atoms with Crippen LogP contribution < -0.4 is 24.6 Å². The van der Waals surface area contributed by atoms with Gasteiger partial charge in [-0.1, -0.05) is 36.4 Å². The summed E-state index contributed by atoms with van der Waals surface area (Å²) in [5.41, 5.74) is 2.25. The zero-order valence-electron chi connectivity index (χ0n) is 22.0. The molecule has 0 radical (unpaired) electrons. The van der Waals surface area contributed by atoms with Gasteiger partial charge < -0.3 is 24.6 Å². The number of likely N-dealkylation sites (tertiary alicyclic amines) is 1. The van der Waals surface area contributed by atoms with Crippen LogP contribution >= 0.6 is 0 Å². The van der Waals surface area contributed by atoms with Crippen LogP contribution in [0, 0.1) is 0 Å². The van der Waals surface area contributed by atoms with Gasteiger partial charge in [-0.15, -0.1) is 0 Å². The monoisotopic (exact) mass is 523 g/mol. The van der Waals surface area contributed by atoms with Crippen molar-refractivity contribution < 1.29 is 9.47 Å². The minimum Gasteiger partial charge on any atom is -0.454 e. The summed E-state index contributed by atoms with van der Waals surface area (Å²) < 4.78 is 11.4. The fourth-order valence-electron chi connectivity index (χ4n) is 5.70. The number of rotatable bonds is 6. The van der Waals surface area contributed by atoms with Crippen LogP contribution in [0.4, 0.5) is 17.6 Å². The summed E-state index contributed by atoms with van der Waals surface area (Å²) in [6.07, 6.45) is 3.99. The van der Waals surface area contributed by atoms with Crippen molar-refractivity contribution in [1.82, 2.24) is 19.9 Å². The molecule has 0 spiro atoms. The van der Waals surface area contributed by atoms with Crippen molar-refractivity contribution >= 4 is 28.5 Å². The molecule has 2 aromatic heterocycles. The Morgan fingerprint density at radius 1 is 0.795 bits per heavy atom. The Balaban J connectivity index is 1.09. The highest BCUT2D eigenvalue weighted by molar-refractivity contribution is 5.93. The topological polar surface area (TPSA) is 78.9 Å². The molecule has 1 N–H and O–H groups in total. The lowest BCUT2D eigenvalue weighted by Gasteiger charge is -2.36. The third-order valence-corrected chi connectivity index (χ3v) is 7.89. The lowest BCUT2D eigenvalue weighted by Crippen LogP contribution is -2.47. The molecule has 2 saturated heterocycles. The molecule has 0 atom stereocenters. The number of nitrogens with zero attached hydrogens (tertiary/aromatic N) is 6. The Hall–Kier alpha value is -4.11. The van der Waals surface area contributed by atoms with Crippen LogP contribution in [0.15, 0.2) is 66.9 Å². The standard InChI is InChI=1S/C30H33N7O2/c1-2-6-22(7-3-1)20-35-12-9-23(10-13-35)32-29-24-18-26-27(39-21-38-26)19-25(24)33-30(34-29)37-16-14-36(15-17-37)28-8-4-5-11-31-28/h1-8,11,18-19,23H,9-10,12-17,20-21H2,(H,32,33,34). The van der Waals surface area contributed by atoms with Crippen molar-refractivity contribution in [2.75, 3.05) is 61.2 Å². The molecule has 9 heteroatoms. The van der Waals surface area contributed by atoms with Gasteiger partial charge in [-0.2, -0.15) is 4.98 Å². The third kappa shape index (κ3) is 5.14. The normalized spacial score (nSPS) is 18.1. The average Bonchev–Trinajstić information content (AvgIpc) is 3.46. The molecular formula is C30H33N7O2. The second kappa shape index (κ2) is 10.6. The van der Waals surface area contributed by atoms with E-state index in [0.717, 1.165) is 98.6 Å². The number of pyridine rings is 1. The van der Waals surface area contributed by atoms with Crippen LogP contribution in [0.25, 0.3) is 10.9 Å². The van der Waals surface area contributed by atoms with E-state index in [1.54, 1.807) is 0 Å². The van der Waals surface area contributed by atoms with Gasteiger partial charge in [-0.05, 0) is 36.6 Å². The van der Waals surface area contributed by atoms with Crippen LogP contribution in [0.2, 0.25) is 0 Å². The second-order valence-corrected chi connectivity index (χ2v) is 10.4. The molecule has 0 saturated carbocycles. The molecule has 0 unspecified atom stereocenters. The highest BCUT2D eigenvalue weighted by Gasteiger charge is 2.25. The van der Waals surface area contributed by atoms with Gasteiger partial charge in [0.15, 0.2) is 11.5 Å². The van der Waals surface area contributed by atoms with Crippen LogP contribution in [-0.2, 0) is 6.54 Å². The highest BCUT2D eigenvalue weighted by Crippen LogP contribution is 2.38. The number of hydrogen-bond acceptors (Lipinski definition) is 9.